The number of aromatic nitrogens is 1. The van der Waals surface area contributed by atoms with Crippen LogP contribution in [0.25, 0.3) is 0 Å². The fourth-order valence-corrected chi connectivity index (χ4v) is 2.50. The molecule has 0 bridgehead atoms. The van der Waals surface area contributed by atoms with E-state index in [1.54, 1.807) is 6.20 Å². The molecule has 0 radical (unpaired) electrons. The first kappa shape index (κ1) is 13.9. The first-order valence-corrected chi connectivity index (χ1v) is 7.11. The monoisotopic (exact) mass is 275 g/mol. The fourth-order valence-electron chi connectivity index (χ4n) is 2.50. The van der Waals surface area contributed by atoms with Crippen molar-refractivity contribution in [3.63, 3.8) is 0 Å². The number of hydrogen-bond acceptors (Lipinski definition) is 4. The first-order chi connectivity index (χ1) is 9.12. The molecule has 4 nitrogen and oxygen atoms in total. The Labute approximate surface area is 121 Å². The Morgan fingerprint density at radius 2 is 1.65 bits per heavy atom. The molecule has 1 fully saturated rings. The Bertz CT molecular complexity index is 538. The number of rotatable bonds is 1. The maximum absolute atomic E-state index is 6.08. The maximum atomic E-state index is 6.08. The van der Waals surface area contributed by atoms with Crippen molar-refractivity contribution in [1.82, 2.24) is 4.98 Å². The lowest BCUT2D eigenvalue weighted by Gasteiger charge is -2.32. The molecule has 0 aliphatic carbocycles. The Balaban J connectivity index is 1.94. The molecule has 0 amide bonds. The van der Waals surface area contributed by atoms with Crippen molar-refractivity contribution in [3.8, 4) is 5.88 Å². The number of hydrogen-bond donors (Lipinski definition) is 0. The molecule has 3 heterocycles. The second-order valence-electron chi connectivity index (χ2n) is 7.38. The molecule has 108 valence electrons. The summed E-state index contributed by atoms with van der Waals surface area (Å²) < 4.78 is 17.8. The van der Waals surface area contributed by atoms with Crippen LogP contribution in [0.1, 0.15) is 47.1 Å². The van der Waals surface area contributed by atoms with Gasteiger partial charge in [-0.25, -0.2) is 4.98 Å². The van der Waals surface area contributed by atoms with Crippen LogP contribution < -0.4 is 10.2 Å². The molecule has 1 aromatic rings. The highest BCUT2D eigenvalue weighted by Gasteiger charge is 2.52. The highest BCUT2D eigenvalue weighted by atomic mass is 16.7. The van der Waals surface area contributed by atoms with Gasteiger partial charge >= 0.3 is 7.12 Å². The molecule has 0 aromatic carbocycles. The lowest BCUT2D eigenvalue weighted by atomic mass is 9.77. The average molecular weight is 275 g/mol. The largest absolute Gasteiger partial charge is 0.496 e. The zero-order chi connectivity index (χ0) is 14.8. The molecule has 2 aliphatic rings. The normalized spacial score (nSPS) is 25.4. The van der Waals surface area contributed by atoms with Crippen LogP contribution in [0.5, 0.6) is 5.88 Å². The predicted octanol–water partition coefficient (Wildman–Crippen LogP) is 2.05. The van der Waals surface area contributed by atoms with Crippen molar-refractivity contribution in [2.75, 3.05) is 6.61 Å². The molecule has 0 spiro atoms. The van der Waals surface area contributed by atoms with Crippen LogP contribution in [0, 0.1) is 0 Å². The van der Waals surface area contributed by atoms with E-state index in [4.69, 9.17) is 14.0 Å². The molecule has 1 aromatic heterocycles. The van der Waals surface area contributed by atoms with Crippen LogP contribution in [0.15, 0.2) is 12.3 Å². The molecule has 0 unspecified atom stereocenters. The molecule has 0 saturated carbocycles. The third kappa shape index (κ3) is 1.95. The first-order valence-electron chi connectivity index (χ1n) is 7.11. The summed E-state index contributed by atoms with van der Waals surface area (Å²) in [7, 11) is -0.366. The van der Waals surface area contributed by atoms with Crippen molar-refractivity contribution in [1.29, 1.82) is 0 Å². The SMILES string of the molecule is CC1(C)COc2ncc(B3OC(C)(C)C(C)(C)O3)cc21. The van der Waals surface area contributed by atoms with E-state index in [-0.39, 0.29) is 23.7 Å². The highest BCUT2D eigenvalue weighted by molar-refractivity contribution is 6.62. The number of pyridine rings is 1. The second kappa shape index (κ2) is 3.98. The second-order valence-corrected chi connectivity index (χ2v) is 7.38. The van der Waals surface area contributed by atoms with E-state index in [1.807, 2.05) is 0 Å². The molecule has 0 N–H and O–H groups in total. The van der Waals surface area contributed by atoms with Crippen LogP contribution in [-0.2, 0) is 14.7 Å². The van der Waals surface area contributed by atoms with Crippen molar-refractivity contribution in [2.24, 2.45) is 0 Å². The summed E-state index contributed by atoms with van der Waals surface area (Å²) in [4.78, 5) is 4.41. The van der Waals surface area contributed by atoms with Gasteiger partial charge in [-0.05, 0) is 27.7 Å². The zero-order valence-corrected chi connectivity index (χ0v) is 13.1. The van der Waals surface area contributed by atoms with Gasteiger partial charge in [-0.1, -0.05) is 19.9 Å². The van der Waals surface area contributed by atoms with Gasteiger partial charge < -0.3 is 14.0 Å². The van der Waals surface area contributed by atoms with Gasteiger partial charge in [0.25, 0.3) is 0 Å². The summed E-state index contributed by atoms with van der Waals surface area (Å²) in [6, 6.07) is 2.11. The van der Waals surface area contributed by atoms with Gasteiger partial charge in [-0.3, -0.25) is 0 Å². The smallest absolute Gasteiger partial charge is 0.477 e. The van der Waals surface area contributed by atoms with E-state index < -0.39 is 0 Å². The Morgan fingerprint density at radius 3 is 2.25 bits per heavy atom. The van der Waals surface area contributed by atoms with Gasteiger partial charge in [0.15, 0.2) is 0 Å². The van der Waals surface area contributed by atoms with E-state index in [0.717, 1.165) is 16.9 Å². The van der Waals surface area contributed by atoms with E-state index in [0.29, 0.717) is 6.61 Å². The van der Waals surface area contributed by atoms with Gasteiger partial charge in [0.1, 0.15) is 0 Å². The van der Waals surface area contributed by atoms with Crippen LogP contribution in [0.3, 0.4) is 0 Å². The minimum atomic E-state index is -0.366. The van der Waals surface area contributed by atoms with Crippen LogP contribution >= 0.6 is 0 Å². The molecule has 3 rings (SSSR count). The van der Waals surface area contributed by atoms with E-state index in [9.17, 15) is 0 Å². The van der Waals surface area contributed by atoms with E-state index in [2.05, 4.69) is 52.6 Å². The van der Waals surface area contributed by atoms with Crippen molar-refractivity contribution >= 4 is 12.6 Å². The summed E-state index contributed by atoms with van der Waals surface area (Å²) in [6.45, 7) is 13.2. The van der Waals surface area contributed by atoms with Crippen LogP contribution in [0.4, 0.5) is 0 Å². The van der Waals surface area contributed by atoms with Crippen molar-refractivity contribution in [3.05, 3.63) is 17.8 Å². The Morgan fingerprint density at radius 1 is 1.05 bits per heavy atom. The Kier molecular flexibility index (Phi) is 2.77. The number of fused-ring (bicyclic) bond motifs is 1. The summed E-state index contributed by atoms with van der Waals surface area (Å²) >= 11 is 0. The van der Waals surface area contributed by atoms with Crippen LogP contribution in [0.2, 0.25) is 0 Å². The van der Waals surface area contributed by atoms with Crippen molar-refractivity contribution < 1.29 is 14.0 Å². The lowest BCUT2D eigenvalue weighted by molar-refractivity contribution is 0.00578. The zero-order valence-electron chi connectivity index (χ0n) is 13.1. The van der Waals surface area contributed by atoms with Gasteiger partial charge in [0.05, 0.1) is 17.8 Å². The standard InChI is InChI=1S/C15H22BNO3/c1-13(2)9-18-12-11(13)7-10(8-17-12)16-19-14(3,4)15(5,6)20-16/h7-8H,9H2,1-6H3. The van der Waals surface area contributed by atoms with Crippen molar-refractivity contribution in [2.45, 2.75) is 58.2 Å². The van der Waals surface area contributed by atoms with Gasteiger partial charge in [-0.15, -0.1) is 0 Å². The Hall–Kier alpha value is -1.07. The minimum Gasteiger partial charge on any atom is -0.477 e. The van der Waals surface area contributed by atoms with E-state index in [1.165, 1.54) is 0 Å². The topological polar surface area (TPSA) is 40.6 Å². The molecule has 0 atom stereocenters. The summed E-state index contributed by atoms with van der Waals surface area (Å²) in [5.74, 6) is 0.732. The molecular formula is C15H22BNO3. The van der Waals surface area contributed by atoms with E-state index >= 15 is 0 Å². The molecular weight excluding hydrogens is 253 g/mol. The molecule has 2 aliphatic heterocycles. The predicted molar refractivity (Wildman–Crippen MR) is 78.5 cm³/mol. The molecule has 1 saturated heterocycles. The molecule has 20 heavy (non-hydrogen) atoms. The molecule has 5 heteroatoms. The third-order valence-corrected chi connectivity index (χ3v) is 4.70. The fraction of sp³-hybridized carbons (Fsp3) is 0.667. The summed E-state index contributed by atoms with van der Waals surface area (Å²) in [5.41, 5.74) is 1.42. The van der Waals surface area contributed by atoms with Gasteiger partial charge in [-0.2, -0.15) is 0 Å². The van der Waals surface area contributed by atoms with Gasteiger partial charge in [0, 0.05) is 22.6 Å². The summed E-state index contributed by atoms with van der Waals surface area (Å²) in [6.07, 6.45) is 1.79. The lowest BCUT2D eigenvalue weighted by Crippen LogP contribution is -2.41. The van der Waals surface area contributed by atoms with Gasteiger partial charge in [0.2, 0.25) is 5.88 Å². The minimum absolute atomic E-state index is 0.0119. The third-order valence-electron chi connectivity index (χ3n) is 4.70. The maximum Gasteiger partial charge on any atom is 0.496 e. The summed E-state index contributed by atoms with van der Waals surface area (Å²) in [5, 5.41) is 0. The highest BCUT2D eigenvalue weighted by Crippen LogP contribution is 2.38. The number of ether oxygens (including phenoxy) is 1. The van der Waals surface area contributed by atoms with Crippen LogP contribution in [-0.4, -0.2) is 29.9 Å². The quantitative estimate of drug-likeness (QED) is 0.735. The number of nitrogens with zero attached hydrogens (tertiary/aromatic N) is 1. The average Bonchev–Trinajstić information content (AvgIpc) is 2.74.